The predicted octanol–water partition coefficient (Wildman–Crippen LogP) is 1.39. The van der Waals surface area contributed by atoms with E-state index in [1.165, 1.54) is 7.11 Å². The molecule has 1 rings (SSSR count). The Hall–Kier alpha value is -1.59. The van der Waals surface area contributed by atoms with Gasteiger partial charge in [-0.05, 0) is 37.1 Å². The monoisotopic (exact) mass is 254 g/mol. The van der Waals surface area contributed by atoms with Crippen molar-refractivity contribution in [3.05, 3.63) is 28.8 Å². The van der Waals surface area contributed by atoms with Gasteiger partial charge < -0.3 is 19.7 Å². The van der Waals surface area contributed by atoms with Gasteiger partial charge >= 0.3 is 5.97 Å². The number of aromatic carboxylic acids is 1. The number of aliphatic hydroxyl groups is 1. The van der Waals surface area contributed by atoms with Crippen molar-refractivity contribution < 1.29 is 24.5 Å². The first kappa shape index (κ1) is 14.5. The number of carbonyl (C=O) groups is 1. The molecule has 1 atom stereocenters. The Morgan fingerprint density at radius 1 is 1.28 bits per heavy atom. The molecule has 0 saturated heterocycles. The highest BCUT2D eigenvalue weighted by Crippen LogP contribution is 2.25. The van der Waals surface area contributed by atoms with E-state index in [-0.39, 0.29) is 18.8 Å². The molecule has 0 saturated carbocycles. The maximum Gasteiger partial charge on any atom is 0.335 e. The van der Waals surface area contributed by atoms with Crippen LogP contribution in [0.1, 0.15) is 21.5 Å². The van der Waals surface area contributed by atoms with E-state index < -0.39 is 12.1 Å². The Morgan fingerprint density at radius 3 is 2.28 bits per heavy atom. The van der Waals surface area contributed by atoms with Crippen LogP contribution in [0.5, 0.6) is 5.75 Å². The van der Waals surface area contributed by atoms with Gasteiger partial charge in [0.2, 0.25) is 0 Å². The summed E-state index contributed by atoms with van der Waals surface area (Å²) < 4.78 is 10.3. The van der Waals surface area contributed by atoms with Crippen LogP contribution in [-0.2, 0) is 4.74 Å². The molecule has 100 valence electrons. The van der Waals surface area contributed by atoms with Crippen LogP contribution in [0.15, 0.2) is 12.1 Å². The fraction of sp³-hybridized carbons (Fsp3) is 0.462. The minimum atomic E-state index is -0.966. The van der Waals surface area contributed by atoms with Crippen LogP contribution in [0.4, 0.5) is 0 Å². The molecular formula is C13H18O5. The summed E-state index contributed by atoms with van der Waals surface area (Å²) in [5.74, 6) is -0.359. The van der Waals surface area contributed by atoms with Gasteiger partial charge in [-0.25, -0.2) is 4.79 Å². The van der Waals surface area contributed by atoms with Crippen molar-refractivity contribution in [1.82, 2.24) is 0 Å². The van der Waals surface area contributed by atoms with Crippen LogP contribution in [0.25, 0.3) is 0 Å². The molecule has 0 radical (unpaired) electrons. The van der Waals surface area contributed by atoms with Gasteiger partial charge in [-0.1, -0.05) is 0 Å². The van der Waals surface area contributed by atoms with Crippen molar-refractivity contribution in [3.8, 4) is 5.75 Å². The third-order valence-corrected chi connectivity index (χ3v) is 2.49. The predicted molar refractivity (Wildman–Crippen MR) is 66.3 cm³/mol. The molecule has 0 amide bonds. The van der Waals surface area contributed by atoms with Crippen molar-refractivity contribution in [2.75, 3.05) is 20.3 Å². The highest BCUT2D eigenvalue weighted by Gasteiger charge is 2.12. The SMILES string of the molecule is COCC(O)COc1c(C)cc(C(=O)O)cc1C. The molecule has 0 aromatic heterocycles. The fourth-order valence-corrected chi connectivity index (χ4v) is 1.72. The second-order valence-electron chi connectivity index (χ2n) is 4.16. The molecule has 1 unspecified atom stereocenters. The number of carboxylic acids is 1. The number of carboxylic acid groups (broad SMARTS) is 1. The summed E-state index contributed by atoms with van der Waals surface area (Å²) >= 11 is 0. The van der Waals surface area contributed by atoms with Crippen molar-refractivity contribution in [3.63, 3.8) is 0 Å². The molecule has 1 aromatic carbocycles. The molecule has 0 spiro atoms. The molecule has 18 heavy (non-hydrogen) atoms. The summed E-state index contributed by atoms with van der Waals surface area (Å²) in [4.78, 5) is 10.9. The Bertz CT molecular complexity index is 404. The van der Waals surface area contributed by atoms with Gasteiger partial charge in [-0.15, -0.1) is 0 Å². The fourth-order valence-electron chi connectivity index (χ4n) is 1.72. The summed E-state index contributed by atoms with van der Waals surface area (Å²) in [6.45, 7) is 3.86. The zero-order valence-electron chi connectivity index (χ0n) is 10.8. The summed E-state index contributed by atoms with van der Waals surface area (Å²) in [6.07, 6.45) is -0.701. The average Bonchev–Trinajstić information content (AvgIpc) is 2.27. The van der Waals surface area contributed by atoms with Gasteiger partial charge in [0.1, 0.15) is 18.5 Å². The molecule has 5 nitrogen and oxygen atoms in total. The highest BCUT2D eigenvalue weighted by atomic mass is 16.5. The first-order valence-corrected chi connectivity index (χ1v) is 5.60. The van der Waals surface area contributed by atoms with Gasteiger partial charge in [0, 0.05) is 7.11 Å². The van der Waals surface area contributed by atoms with E-state index in [1.807, 2.05) is 0 Å². The molecule has 5 heteroatoms. The van der Waals surface area contributed by atoms with Gasteiger partial charge in [0.15, 0.2) is 0 Å². The highest BCUT2D eigenvalue weighted by molar-refractivity contribution is 5.88. The minimum Gasteiger partial charge on any atom is -0.490 e. The third kappa shape index (κ3) is 3.72. The second-order valence-corrected chi connectivity index (χ2v) is 4.16. The van der Waals surface area contributed by atoms with Crippen LogP contribution in [0.2, 0.25) is 0 Å². The molecule has 0 fully saturated rings. The Morgan fingerprint density at radius 2 is 1.83 bits per heavy atom. The summed E-state index contributed by atoms with van der Waals surface area (Å²) in [5, 5.41) is 18.4. The van der Waals surface area contributed by atoms with E-state index in [2.05, 4.69) is 0 Å². The number of benzene rings is 1. The smallest absolute Gasteiger partial charge is 0.335 e. The van der Waals surface area contributed by atoms with E-state index in [9.17, 15) is 9.90 Å². The van der Waals surface area contributed by atoms with E-state index in [1.54, 1.807) is 26.0 Å². The van der Waals surface area contributed by atoms with Gasteiger partial charge in [-0.2, -0.15) is 0 Å². The molecule has 0 heterocycles. The summed E-state index contributed by atoms with van der Waals surface area (Å²) in [6, 6.07) is 3.10. The maximum atomic E-state index is 10.9. The zero-order chi connectivity index (χ0) is 13.7. The zero-order valence-corrected chi connectivity index (χ0v) is 10.8. The van der Waals surface area contributed by atoms with Crippen molar-refractivity contribution in [2.24, 2.45) is 0 Å². The van der Waals surface area contributed by atoms with Crippen LogP contribution < -0.4 is 4.74 Å². The quantitative estimate of drug-likeness (QED) is 0.802. The second kappa shape index (κ2) is 6.37. The standard InChI is InChI=1S/C13H18O5/c1-8-4-10(13(15)16)5-9(2)12(8)18-7-11(14)6-17-3/h4-5,11,14H,6-7H2,1-3H3,(H,15,16). The van der Waals surface area contributed by atoms with Crippen LogP contribution in [0.3, 0.4) is 0 Å². The lowest BCUT2D eigenvalue weighted by Gasteiger charge is -2.15. The molecular weight excluding hydrogens is 236 g/mol. The number of methoxy groups -OCH3 is 1. The van der Waals surface area contributed by atoms with Crippen LogP contribution >= 0.6 is 0 Å². The molecule has 0 aliphatic heterocycles. The Kier molecular flexibility index (Phi) is 5.12. The number of ether oxygens (including phenoxy) is 2. The van der Waals surface area contributed by atoms with Crippen molar-refractivity contribution >= 4 is 5.97 Å². The molecule has 1 aromatic rings. The Balaban J connectivity index is 2.81. The number of rotatable bonds is 6. The van der Waals surface area contributed by atoms with E-state index in [4.69, 9.17) is 14.6 Å². The Labute approximate surface area is 106 Å². The normalized spacial score (nSPS) is 12.2. The van der Waals surface area contributed by atoms with Gasteiger partial charge in [-0.3, -0.25) is 0 Å². The lowest BCUT2D eigenvalue weighted by atomic mass is 10.1. The first-order valence-electron chi connectivity index (χ1n) is 5.60. The van der Waals surface area contributed by atoms with Crippen LogP contribution in [-0.4, -0.2) is 42.6 Å². The minimum absolute atomic E-state index is 0.113. The molecule has 0 aliphatic carbocycles. The maximum absolute atomic E-state index is 10.9. The van der Waals surface area contributed by atoms with Crippen LogP contribution in [0, 0.1) is 13.8 Å². The van der Waals surface area contributed by atoms with E-state index in [0.717, 1.165) is 11.1 Å². The number of aryl methyl sites for hydroxylation is 2. The largest absolute Gasteiger partial charge is 0.490 e. The first-order chi connectivity index (χ1) is 8.45. The van der Waals surface area contributed by atoms with Crippen molar-refractivity contribution in [2.45, 2.75) is 20.0 Å². The molecule has 0 bridgehead atoms. The number of hydrogen-bond donors (Lipinski definition) is 2. The molecule has 2 N–H and O–H groups in total. The lowest BCUT2D eigenvalue weighted by molar-refractivity contribution is 0.0322. The lowest BCUT2D eigenvalue weighted by Crippen LogP contribution is -2.23. The third-order valence-electron chi connectivity index (χ3n) is 2.49. The molecule has 0 aliphatic rings. The van der Waals surface area contributed by atoms with E-state index in [0.29, 0.717) is 5.75 Å². The average molecular weight is 254 g/mol. The topological polar surface area (TPSA) is 76.0 Å². The summed E-state index contributed by atoms with van der Waals surface area (Å²) in [7, 11) is 1.50. The van der Waals surface area contributed by atoms with E-state index >= 15 is 0 Å². The number of aliphatic hydroxyl groups excluding tert-OH is 1. The summed E-state index contributed by atoms with van der Waals surface area (Å²) in [5.41, 5.74) is 1.70. The van der Waals surface area contributed by atoms with Crippen molar-refractivity contribution in [1.29, 1.82) is 0 Å². The van der Waals surface area contributed by atoms with Gasteiger partial charge in [0.05, 0.1) is 12.2 Å². The van der Waals surface area contributed by atoms with Gasteiger partial charge in [0.25, 0.3) is 0 Å². The number of hydrogen-bond acceptors (Lipinski definition) is 4.